The highest BCUT2D eigenvalue weighted by Crippen LogP contribution is 2.21. The zero-order chi connectivity index (χ0) is 17.4. The molecule has 2 N–H and O–H groups in total. The molecular weight excluding hydrogens is 308 g/mol. The molecule has 0 radical (unpaired) electrons. The second-order valence-corrected chi connectivity index (χ2v) is 5.51. The summed E-state index contributed by atoms with van der Waals surface area (Å²) in [7, 11) is 1.65. The first kappa shape index (κ1) is 17.8. The maximum absolute atomic E-state index is 11.9. The van der Waals surface area contributed by atoms with Gasteiger partial charge in [-0.25, -0.2) is 4.79 Å². The normalized spacial score (nSPS) is 14.8. The van der Waals surface area contributed by atoms with E-state index in [-0.39, 0.29) is 12.5 Å². The molecule has 1 aliphatic rings. The third kappa shape index (κ3) is 5.27. The van der Waals surface area contributed by atoms with Crippen LogP contribution in [0.25, 0.3) is 0 Å². The van der Waals surface area contributed by atoms with Gasteiger partial charge in [-0.1, -0.05) is 12.1 Å². The number of carbonyl (C=O) groups is 2. The SMILES string of the molecule is C=CCNC(=O)NC(=O)CN1CCN(c2cccc(OC)c2)CC1. The van der Waals surface area contributed by atoms with Crippen LogP contribution in [0.1, 0.15) is 0 Å². The molecule has 1 heterocycles. The number of carbonyl (C=O) groups excluding carboxylic acids is 2. The number of hydrogen-bond donors (Lipinski definition) is 2. The van der Waals surface area contributed by atoms with Gasteiger partial charge in [-0.05, 0) is 12.1 Å². The van der Waals surface area contributed by atoms with E-state index in [4.69, 9.17) is 4.74 Å². The number of amides is 3. The smallest absolute Gasteiger partial charge is 0.321 e. The van der Waals surface area contributed by atoms with E-state index in [1.165, 1.54) is 0 Å². The highest BCUT2D eigenvalue weighted by Gasteiger charge is 2.20. The number of imide groups is 1. The van der Waals surface area contributed by atoms with Crippen molar-refractivity contribution in [2.75, 3.05) is 51.3 Å². The van der Waals surface area contributed by atoms with Gasteiger partial charge < -0.3 is 15.0 Å². The number of nitrogens with one attached hydrogen (secondary N) is 2. The predicted octanol–water partition coefficient (Wildman–Crippen LogP) is 0.829. The van der Waals surface area contributed by atoms with Crippen LogP contribution in [-0.4, -0.2) is 63.2 Å². The summed E-state index contributed by atoms with van der Waals surface area (Å²) in [5.41, 5.74) is 1.11. The van der Waals surface area contributed by atoms with E-state index in [0.29, 0.717) is 6.54 Å². The number of urea groups is 1. The van der Waals surface area contributed by atoms with Gasteiger partial charge in [0.1, 0.15) is 5.75 Å². The molecule has 130 valence electrons. The molecule has 7 nitrogen and oxygen atoms in total. The van der Waals surface area contributed by atoms with Gasteiger partial charge in [-0.2, -0.15) is 0 Å². The number of hydrogen-bond acceptors (Lipinski definition) is 5. The third-order valence-electron chi connectivity index (χ3n) is 3.82. The summed E-state index contributed by atoms with van der Waals surface area (Å²) in [4.78, 5) is 27.6. The molecule has 0 bridgehead atoms. The largest absolute Gasteiger partial charge is 0.497 e. The topological polar surface area (TPSA) is 73.9 Å². The summed E-state index contributed by atoms with van der Waals surface area (Å²) in [5.74, 6) is 0.534. The molecule has 0 unspecified atom stereocenters. The molecule has 1 aromatic rings. The molecule has 1 aromatic carbocycles. The van der Waals surface area contributed by atoms with Crippen LogP contribution < -0.4 is 20.3 Å². The zero-order valence-corrected chi connectivity index (χ0v) is 14.0. The fourth-order valence-electron chi connectivity index (χ4n) is 2.55. The van der Waals surface area contributed by atoms with E-state index in [1.807, 2.05) is 23.1 Å². The molecule has 7 heteroatoms. The second kappa shape index (κ2) is 8.93. The lowest BCUT2D eigenvalue weighted by atomic mass is 10.2. The van der Waals surface area contributed by atoms with Crippen LogP contribution in [-0.2, 0) is 4.79 Å². The van der Waals surface area contributed by atoms with Gasteiger partial charge in [0, 0.05) is 44.5 Å². The van der Waals surface area contributed by atoms with Crippen molar-refractivity contribution in [2.24, 2.45) is 0 Å². The van der Waals surface area contributed by atoms with Crippen molar-refractivity contribution < 1.29 is 14.3 Å². The molecule has 1 saturated heterocycles. The predicted molar refractivity (Wildman–Crippen MR) is 93.4 cm³/mol. The maximum atomic E-state index is 11.9. The lowest BCUT2D eigenvalue weighted by Crippen LogP contribution is -2.51. The van der Waals surface area contributed by atoms with Crippen LogP contribution >= 0.6 is 0 Å². The molecule has 0 aromatic heterocycles. The molecule has 3 amide bonds. The van der Waals surface area contributed by atoms with E-state index in [9.17, 15) is 9.59 Å². The maximum Gasteiger partial charge on any atom is 0.321 e. The summed E-state index contributed by atoms with van der Waals surface area (Å²) in [6.07, 6.45) is 1.56. The minimum atomic E-state index is -0.491. The van der Waals surface area contributed by atoms with Gasteiger partial charge in [-0.3, -0.25) is 15.0 Å². The van der Waals surface area contributed by atoms with Crippen molar-refractivity contribution in [2.45, 2.75) is 0 Å². The molecule has 1 fully saturated rings. The fraction of sp³-hybridized carbons (Fsp3) is 0.412. The minimum absolute atomic E-state index is 0.216. The molecular formula is C17H24N4O3. The lowest BCUT2D eigenvalue weighted by molar-refractivity contribution is -0.121. The summed E-state index contributed by atoms with van der Waals surface area (Å²) in [6, 6.07) is 7.45. The monoisotopic (exact) mass is 332 g/mol. The fourth-order valence-corrected chi connectivity index (χ4v) is 2.55. The van der Waals surface area contributed by atoms with Crippen LogP contribution in [0.15, 0.2) is 36.9 Å². The van der Waals surface area contributed by atoms with Crippen LogP contribution in [0.2, 0.25) is 0 Å². The van der Waals surface area contributed by atoms with Crippen molar-refractivity contribution in [3.8, 4) is 5.75 Å². The lowest BCUT2D eigenvalue weighted by Gasteiger charge is -2.35. The number of methoxy groups -OCH3 is 1. The van der Waals surface area contributed by atoms with Crippen LogP contribution in [0.5, 0.6) is 5.75 Å². The van der Waals surface area contributed by atoms with Crippen molar-refractivity contribution in [3.63, 3.8) is 0 Å². The van der Waals surface area contributed by atoms with Crippen LogP contribution in [0.3, 0.4) is 0 Å². The Bertz CT molecular complexity index is 583. The Morgan fingerprint density at radius 1 is 1.29 bits per heavy atom. The molecule has 1 aliphatic heterocycles. The highest BCUT2D eigenvalue weighted by atomic mass is 16.5. The first-order valence-electron chi connectivity index (χ1n) is 7.92. The Kier molecular flexibility index (Phi) is 6.62. The van der Waals surface area contributed by atoms with Crippen LogP contribution in [0, 0.1) is 0 Å². The minimum Gasteiger partial charge on any atom is -0.497 e. The first-order valence-corrected chi connectivity index (χ1v) is 7.92. The van der Waals surface area contributed by atoms with Gasteiger partial charge in [0.15, 0.2) is 0 Å². The molecule has 0 aliphatic carbocycles. The third-order valence-corrected chi connectivity index (χ3v) is 3.82. The van der Waals surface area contributed by atoms with Crippen LogP contribution in [0.4, 0.5) is 10.5 Å². The Morgan fingerprint density at radius 3 is 2.71 bits per heavy atom. The first-order chi connectivity index (χ1) is 11.6. The van der Waals surface area contributed by atoms with Gasteiger partial charge in [-0.15, -0.1) is 6.58 Å². The van der Waals surface area contributed by atoms with Crippen molar-refractivity contribution >= 4 is 17.6 Å². The molecule has 0 atom stereocenters. The Hall–Kier alpha value is -2.54. The quantitative estimate of drug-likeness (QED) is 0.755. The number of ether oxygens (including phenoxy) is 1. The standard InChI is InChI=1S/C17H24N4O3/c1-3-7-18-17(23)19-16(22)13-20-8-10-21(11-9-20)14-5-4-6-15(12-14)24-2/h3-6,12H,1,7-11,13H2,2H3,(H2,18,19,22,23). The average Bonchev–Trinajstić information content (AvgIpc) is 2.60. The average molecular weight is 332 g/mol. The van der Waals surface area contributed by atoms with E-state index < -0.39 is 6.03 Å². The van der Waals surface area contributed by atoms with E-state index in [1.54, 1.807) is 13.2 Å². The summed E-state index contributed by atoms with van der Waals surface area (Å²) in [5, 5.41) is 4.82. The number of nitrogens with zero attached hydrogens (tertiary/aromatic N) is 2. The molecule has 2 rings (SSSR count). The number of rotatable bonds is 6. The number of benzene rings is 1. The van der Waals surface area contributed by atoms with E-state index in [2.05, 4.69) is 28.2 Å². The summed E-state index contributed by atoms with van der Waals surface area (Å²) < 4.78 is 5.25. The molecule has 24 heavy (non-hydrogen) atoms. The van der Waals surface area contributed by atoms with Crippen molar-refractivity contribution in [3.05, 3.63) is 36.9 Å². The summed E-state index contributed by atoms with van der Waals surface area (Å²) in [6.45, 7) is 7.22. The Balaban J connectivity index is 1.77. The van der Waals surface area contributed by atoms with Gasteiger partial charge in [0.2, 0.25) is 5.91 Å². The molecule has 0 saturated carbocycles. The van der Waals surface area contributed by atoms with E-state index >= 15 is 0 Å². The van der Waals surface area contributed by atoms with Gasteiger partial charge in [0.25, 0.3) is 0 Å². The number of piperazine rings is 1. The van der Waals surface area contributed by atoms with E-state index in [0.717, 1.165) is 37.6 Å². The Morgan fingerprint density at radius 2 is 2.04 bits per heavy atom. The zero-order valence-electron chi connectivity index (χ0n) is 14.0. The molecule has 0 spiro atoms. The second-order valence-electron chi connectivity index (χ2n) is 5.51. The highest BCUT2D eigenvalue weighted by molar-refractivity contribution is 5.95. The van der Waals surface area contributed by atoms with Gasteiger partial charge in [0.05, 0.1) is 13.7 Å². The Labute approximate surface area is 142 Å². The van der Waals surface area contributed by atoms with Crippen molar-refractivity contribution in [1.82, 2.24) is 15.5 Å². The van der Waals surface area contributed by atoms with Crippen molar-refractivity contribution in [1.29, 1.82) is 0 Å². The number of anilines is 1. The van der Waals surface area contributed by atoms with Gasteiger partial charge >= 0.3 is 6.03 Å². The summed E-state index contributed by atoms with van der Waals surface area (Å²) >= 11 is 0.